The normalized spacial score (nSPS) is 23.6. The van der Waals surface area contributed by atoms with Gasteiger partial charge in [0.25, 0.3) is 0 Å². The van der Waals surface area contributed by atoms with E-state index in [9.17, 15) is 9.59 Å². The van der Waals surface area contributed by atoms with Gasteiger partial charge in [-0.15, -0.1) is 0 Å². The fraction of sp³-hybridized carbons (Fsp3) is 0.467. The number of benzene rings is 1. The molecule has 2 aliphatic rings. The molecule has 112 valence electrons. The van der Waals surface area contributed by atoms with E-state index in [2.05, 4.69) is 5.32 Å². The number of fused-ring (bicyclic) bond motifs is 1. The highest BCUT2D eigenvalue weighted by molar-refractivity contribution is 5.90. The van der Waals surface area contributed by atoms with E-state index in [-0.39, 0.29) is 17.9 Å². The van der Waals surface area contributed by atoms with E-state index in [1.807, 2.05) is 24.3 Å². The van der Waals surface area contributed by atoms with Gasteiger partial charge in [0, 0.05) is 13.5 Å². The predicted molar refractivity (Wildman–Crippen MR) is 75.2 cm³/mol. The van der Waals surface area contributed by atoms with Crippen molar-refractivity contribution < 1.29 is 19.1 Å². The first-order chi connectivity index (χ1) is 10.1. The molecule has 0 spiro atoms. The largest absolute Gasteiger partial charge is 0.486 e. The zero-order valence-corrected chi connectivity index (χ0v) is 11.9. The van der Waals surface area contributed by atoms with Crippen LogP contribution in [0.5, 0.6) is 11.5 Å². The van der Waals surface area contributed by atoms with Gasteiger partial charge in [-0.2, -0.15) is 0 Å². The molecule has 2 aliphatic heterocycles. The number of likely N-dealkylation sites (N-methyl/N-ethyl adjacent to an activating group) is 1. The maximum Gasteiger partial charge on any atom is 0.245 e. The summed E-state index contributed by atoms with van der Waals surface area (Å²) in [6, 6.07) is 7.07. The van der Waals surface area contributed by atoms with Crippen LogP contribution >= 0.6 is 0 Å². The number of hydrogen-bond acceptors (Lipinski definition) is 4. The van der Waals surface area contributed by atoms with Crippen LogP contribution in [0.4, 0.5) is 0 Å². The lowest BCUT2D eigenvalue weighted by atomic mass is 10.2. The highest BCUT2D eigenvalue weighted by atomic mass is 16.6. The lowest BCUT2D eigenvalue weighted by Crippen LogP contribution is -2.47. The molecule has 2 amide bonds. The van der Waals surface area contributed by atoms with Crippen LogP contribution in [-0.4, -0.2) is 49.1 Å². The van der Waals surface area contributed by atoms with Gasteiger partial charge in [0.15, 0.2) is 17.6 Å². The third-order valence-electron chi connectivity index (χ3n) is 3.71. The van der Waals surface area contributed by atoms with Crippen LogP contribution in [0.2, 0.25) is 0 Å². The van der Waals surface area contributed by atoms with Crippen molar-refractivity contribution in [2.24, 2.45) is 0 Å². The summed E-state index contributed by atoms with van der Waals surface area (Å²) in [5, 5.41) is 2.69. The Kier molecular flexibility index (Phi) is 3.68. The van der Waals surface area contributed by atoms with Crippen molar-refractivity contribution in [2.45, 2.75) is 25.0 Å². The van der Waals surface area contributed by atoms with E-state index in [1.165, 1.54) is 0 Å². The third kappa shape index (κ3) is 2.94. The number of nitrogens with zero attached hydrogens (tertiary/aromatic N) is 1. The topological polar surface area (TPSA) is 67.9 Å². The minimum absolute atomic E-state index is 0.0621. The Balaban J connectivity index is 1.57. The Morgan fingerprint density at radius 2 is 2.14 bits per heavy atom. The highest BCUT2D eigenvalue weighted by Crippen LogP contribution is 2.31. The van der Waals surface area contributed by atoms with Gasteiger partial charge >= 0.3 is 0 Å². The van der Waals surface area contributed by atoms with Crippen LogP contribution in [0.25, 0.3) is 0 Å². The molecule has 1 aromatic carbocycles. The molecule has 3 rings (SSSR count). The number of rotatable bonds is 3. The molecule has 0 aliphatic carbocycles. The maximum atomic E-state index is 12.2. The van der Waals surface area contributed by atoms with Gasteiger partial charge < -0.3 is 19.7 Å². The van der Waals surface area contributed by atoms with Crippen LogP contribution in [0.1, 0.15) is 12.8 Å². The molecule has 0 aromatic heterocycles. The summed E-state index contributed by atoms with van der Waals surface area (Å²) in [5.74, 6) is 1.28. The van der Waals surface area contributed by atoms with Crippen molar-refractivity contribution >= 4 is 11.8 Å². The summed E-state index contributed by atoms with van der Waals surface area (Å²) < 4.78 is 11.5. The summed E-state index contributed by atoms with van der Waals surface area (Å²) in [7, 11) is 1.72. The Morgan fingerprint density at radius 1 is 1.38 bits per heavy atom. The summed E-state index contributed by atoms with van der Waals surface area (Å²) >= 11 is 0. The molecular weight excluding hydrogens is 272 g/mol. The van der Waals surface area contributed by atoms with Gasteiger partial charge in [-0.1, -0.05) is 12.1 Å². The molecule has 6 heteroatoms. The van der Waals surface area contributed by atoms with E-state index < -0.39 is 6.04 Å². The smallest absolute Gasteiger partial charge is 0.245 e. The van der Waals surface area contributed by atoms with Crippen molar-refractivity contribution in [3.8, 4) is 11.5 Å². The number of nitrogens with one attached hydrogen (secondary N) is 1. The second kappa shape index (κ2) is 5.63. The van der Waals surface area contributed by atoms with Gasteiger partial charge in [0.2, 0.25) is 11.8 Å². The summed E-state index contributed by atoms with van der Waals surface area (Å²) in [6.07, 6.45) is 0.777. The van der Waals surface area contributed by atoms with Crippen molar-refractivity contribution in [3.05, 3.63) is 24.3 Å². The molecule has 1 saturated heterocycles. The Morgan fingerprint density at radius 3 is 2.86 bits per heavy atom. The fourth-order valence-electron chi connectivity index (χ4n) is 2.61. The monoisotopic (exact) mass is 290 g/mol. The minimum atomic E-state index is -0.403. The summed E-state index contributed by atoms with van der Waals surface area (Å²) in [6.45, 7) is 0.838. The summed E-state index contributed by atoms with van der Waals surface area (Å²) in [5.41, 5.74) is 0. The average Bonchev–Trinajstić information content (AvgIpc) is 2.93. The lowest BCUT2D eigenvalue weighted by Gasteiger charge is -2.30. The van der Waals surface area contributed by atoms with Gasteiger partial charge in [-0.3, -0.25) is 9.59 Å². The van der Waals surface area contributed by atoms with Gasteiger partial charge in [-0.25, -0.2) is 0 Å². The van der Waals surface area contributed by atoms with Crippen molar-refractivity contribution in [1.29, 1.82) is 0 Å². The van der Waals surface area contributed by atoms with E-state index >= 15 is 0 Å². The zero-order valence-electron chi connectivity index (χ0n) is 11.9. The van der Waals surface area contributed by atoms with Crippen LogP contribution in [-0.2, 0) is 9.59 Å². The second-order valence-corrected chi connectivity index (χ2v) is 5.38. The Hall–Kier alpha value is -2.24. The number of para-hydroxylation sites is 2. The fourth-order valence-corrected chi connectivity index (χ4v) is 2.61. The highest BCUT2D eigenvalue weighted by Gasteiger charge is 2.31. The first-order valence-electron chi connectivity index (χ1n) is 7.06. The van der Waals surface area contributed by atoms with Crippen LogP contribution in [0, 0.1) is 0 Å². The molecule has 1 aromatic rings. The van der Waals surface area contributed by atoms with E-state index in [1.54, 1.807) is 11.9 Å². The van der Waals surface area contributed by atoms with Gasteiger partial charge in [0.05, 0.1) is 6.54 Å². The van der Waals surface area contributed by atoms with Crippen molar-refractivity contribution in [3.63, 3.8) is 0 Å². The molecule has 2 unspecified atom stereocenters. The van der Waals surface area contributed by atoms with Gasteiger partial charge in [0.1, 0.15) is 12.6 Å². The van der Waals surface area contributed by atoms with E-state index in [0.29, 0.717) is 31.7 Å². The first-order valence-corrected chi connectivity index (χ1v) is 7.06. The van der Waals surface area contributed by atoms with Crippen LogP contribution in [0.3, 0.4) is 0 Å². The molecular formula is C15H18N2O4. The molecule has 6 nitrogen and oxygen atoms in total. The van der Waals surface area contributed by atoms with E-state index in [4.69, 9.17) is 9.47 Å². The van der Waals surface area contributed by atoms with E-state index in [0.717, 1.165) is 5.75 Å². The molecule has 1 fully saturated rings. The zero-order chi connectivity index (χ0) is 14.8. The Bertz CT molecular complexity index is 560. The van der Waals surface area contributed by atoms with Gasteiger partial charge in [-0.05, 0) is 18.6 Å². The molecule has 0 radical (unpaired) electrons. The predicted octanol–water partition coefficient (Wildman–Crippen LogP) is 0.563. The number of carbonyl (C=O) groups is 2. The number of carbonyl (C=O) groups excluding carboxylic acids is 2. The van der Waals surface area contributed by atoms with Crippen LogP contribution < -0.4 is 14.8 Å². The third-order valence-corrected chi connectivity index (χ3v) is 3.71. The SMILES string of the molecule is CN(CC1COc2ccccc2O1)C(=O)C1CCC(=O)N1. The molecule has 2 atom stereocenters. The molecule has 2 heterocycles. The lowest BCUT2D eigenvalue weighted by molar-refractivity contribution is -0.134. The quantitative estimate of drug-likeness (QED) is 0.883. The number of amides is 2. The number of ether oxygens (including phenoxy) is 2. The van der Waals surface area contributed by atoms with Crippen molar-refractivity contribution in [2.75, 3.05) is 20.2 Å². The van der Waals surface area contributed by atoms with Crippen molar-refractivity contribution in [1.82, 2.24) is 10.2 Å². The van der Waals surface area contributed by atoms with Crippen LogP contribution in [0.15, 0.2) is 24.3 Å². The molecule has 1 N–H and O–H groups in total. The second-order valence-electron chi connectivity index (χ2n) is 5.38. The maximum absolute atomic E-state index is 12.2. The molecule has 0 bridgehead atoms. The summed E-state index contributed by atoms with van der Waals surface area (Å²) in [4.78, 5) is 25.0. The molecule has 0 saturated carbocycles. The number of hydrogen-bond donors (Lipinski definition) is 1. The standard InChI is InChI=1S/C15H18N2O4/c1-17(15(19)11-6-7-14(18)16-11)8-10-9-20-12-4-2-3-5-13(12)21-10/h2-5,10-11H,6-9H2,1H3,(H,16,18). The molecule has 21 heavy (non-hydrogen) atoms. The average molecular weight is 290 g/mol. The first kappa shape index (κ1) is 13.7. The Labute approximate surface area is 123 Å². The minimum Gasteiger partial charge on any atom is -0.486 e.